The Morgan fingerprint density at radius 3 is 1.33 bits per heavy atom. The van der Waals surface area contributed by atoms with E-state index in [2.05, 4.69) is 6.58 Å². The molecule has 0 radical (unpaired) electrons. The molecule has 0 atom stereocenters. The van der Waals surface area contributed by atoms with E-state index in [-0.39, 0.29) is 0 Å². The van der Waals surface area contributed by atoms with Crippen molar-refractivity contribution in [3.8, 4) is 0 Å². The zero-order valence-corrected chi connectivity index (χ0v) is 4.10. The highest BCUT2D eigenvalue weighted by molar-refractivity contribution is 4.78. The summed E-state index contributed by atoms with van der Waals surface area (Å²) in [7, 11) is 0. The van der Waals surface area contributed by atoms with Crippen LogP contribution in [0.5, 0.6) is 0 Å². The number of rotatable bonds is 0. The Morgan fingerprint density at radius 2 is 1.33 bits per heavy atom. The lowest BCUT2D eigenvalue weighted by Gasteiger charge is -1.65. The van der Waals surface area contributed by atoms with Gasteiger partial charge in [0.15, 0.2) is 0 Å². The molecule has 0 fully saturated rings. The summed E-state index contributed by atoms with van der Waals surface area (Å²) in [5, 5.41) is 12.0. The van der Waals surface area contributed by atoms with Gasteiger partial charge in [0.2, 0.25) is 0 Å². The van der Waals surface area contributed by atoms with E-state index in [4.69, 9.17) is 10.5 Å². The van der Waals surface area contributed by atoms with Crippen molar-refractivity contribution < 1.29 is 10.5 Å². The van der Waals surface area contributed by atoms with Crippen molar-refractivity contribution >= 4 is 0 Å². The van der Waals surface area contributed by atoms with Gasteiger partial charge in [-0.25, -0.2) is 0 Å². The molecule has 0 saturated carbocycles. The van der Waals surface area contributed by atoms with Crippen LogP contribution in [0.1, 0.15) is 13.8 Å². The van der Waals surface area contributed by atoms with Crippen LogP contribution in [0.2, 0.25) is 0 Å². The van der Waals surface area contributed by atoms with Gasteiger partial charge in [0.05, 0.1) is 0 Å². The predicted molar refractivity (Wildman–Crippen MR) is 25.7 cm³/mol. The fourth-order valence-corrected chi connectivity index (χ4v) is 0. The van der Waals surface area contributed by atoms with Crippen LogP contribution in [0.3, 0.4) is 0 Å². The molecule has 0 bridgehead atoms. The lowest BCUT2D eigenvalue weighted by molar-refractivity contribution is -0.176. The van der Waals surface area contributed by atoms with E-state index in [1.54, 1.807) is 0 Å². The van der Waals surface area contributed by atoms with Crippen molar-refractivity contribution in [2.45, 2.75) is 13.8 Å². The van der Waals surface area contributed by atoms with Gasteiger partial charge in [-0.15, -0.1) is 6.58 Å². The first-order valence-corrected chi connectivity index (χ1v) is 1.55. The summed E-state index contributed by atoms with van der Waals surface area (Å²) in [6, 6.07) is 0. The third-order valence-corrected chi connectivity index (χ3v) is 0. The molecular weight excluding hydrogens is 80.0 g/mol. The van der Waals surface area contributed by atoms with Gasteiger partial charge >= 0.3 is 0 Å². The molecule has 0 rings (SSSR count). The van der Waals surface area contributed by atoms with Gasteiger partial charge in [-0.1, -0.05) is 5.57 Å². The molecule has 2 nitrogen and oxygen atoms in total. The van der Waals surface area contributed by atoms with Gasteiger partial charge < -0.3 is 0 Å². The molecule has 0 aliphatic rings. The molecule has 0 amide bonds. The van der Waals surface area contributed by atoms with E-state index in [9.17, 15) is 0 Å². The van der Waals surface area contributed by atoms with Gasteiger partial charge in [0, 0.05) is 0 Å². The average molecular weight is 90.1 g/mol. The fraction of sp³-hybridized carbons (Fsp3) is 0.500. The summed E-state index contributed by atoms with van der Waals surface area (Å²) in [5.41, 5.74) is 1.17. The summed E-state index contributed by atoms with van der Waals surface area (Å²) in [6.07, 6.45) is 0. The van der Waals surface area contributed by atoms with E-state index in [1.165, 1.54) is 5.57 Å². The standard InChI is InChI=1S/C4H8.H2O2/c1-4(2)3;1-2/h1H2,2-3H3;1-2H. The molecule has 0 aliphatic carbocycles. The second-order valence-corrected chi connectivity index (χ2v) is 1.21. The third-order valence-electron chi connectivity index (χ3n) is 0. The second kappa shape index (κ2) is 8.82. The Kier molecular flexibility index (Phi) is 13.5. The minimum Gasteiger partial charge on any atom is -0.255 e. The highest BCUT2D eigenvalue weighted by atomic mass is 17.0. The Hall–Kier alpha value is -0.340. The largest absolute Gasteiger partial charge is 0.255 e. The van der Waals surface area contributed by atoms with Crippen LogP contribution in [-0.4, -0.2) is 10.5 Å². The zero-order chi connectivity index (χ0) is 5.58. The molecule has 6 heavy (non-hydrogen) atoms. The number of hydrogen-bond donors (Lipinski definition) is 2. The van der Waals surface area contributed by atoms with Crippen LogP contribution >= 0.6 is 0 Å². The molecular formula is C4H10O2. The van der Waals surface area contributed by atoms with Crippen LogP contribution in [0.25, 0.3) is 0 Å². The van der Waals surface area contributed by atoms with Crippen molar-refractivity contribution in [1.82, 2.24) is 0 Å². The molecule has 2 N–H and O–H groups in total. The van der Waals surface area contributed by atoms with Crippen LogP contribution in [0, 0.1) is 0 Å². The molecule has 0 aromatic rings. The smallest absolute Gasteiger partial charge is 0.0445 e. The van der Waals surface area contributed by atoms with Crippen LogP contribution in [-0.2, 0) is 0 Å². The van der Waals surface area contributed by atoms with Crippen LogP contribution < -0.4 is 0 Å². The molecule has 0 saturated heterocycles. The maximum absolute atomic E-state index is 6.00. The Morgan fingerprint density at radius 1 is 1.33 bits per heavy atom. The Bertz CT molecular complexity index is 28.5. The van der Waals surface area contributed by atoms with Gasteiger partial charge in [-0.05, 0) is 13.8 Å². The molecule has 0 aromatic carbocycles. The topological polar surface area (TPSA) is 40.5 Å². The van der Waals surface area contributed by atoms with E-state index in [0.29, 0.717) is 0 Å². The van der Waals surface area contributed by atoms with Crippen LogP contribution in [0.15, 0.2) is 12.2 Å². The van der Waals surface area contributed by atoms with Gasteiger partial charge in [0.25, 0.3) is 0 Å². The highest BCUT2D eigenvalue weighted by Gasteiger charge is 1.51. The minimum atomic E-state index is 1.17. The first-order chi connectivity index (χ1) is 2.73. The number of hydrogen-bond acceptors (Lipinski definition) is 2. The molecule has 0 spiro atoms. The van der Waals surface area contributed by atoms with Gasteiger partial charge in [0.1, 0.15) is 0 Å². The summed E-state index contributed by atoms with van der Waals surface area (Å²) in [5.74, 6) is 0. The maximum atomic E-state index is 6.00. The summed E-state index contributed by atoms with van der Waals surface area (Å²) >= 11 is 0. The first kappa shape index (κ1) is 9.18. The van der Waals surface area contributed by atoms with E-state index < -0.39 is 0 Å². The van der Waals surface area contributed by atoms with Crippen LogP contribution in [0.4, 0.5) is 0 Å². The van der Waals surface area contributed by atoms with E-state index >= 15 is 0 Å². The summed E-state index contributed by atoms with van der Waals surface area (Å²) < 4.78 is 0. The lowest BCUT2D eigenvalue weighted by Crippen LogP contribution is -1.43. The van der Waals surface area contributed by atoms with Crippen molar-refractivity contribution in [2.75, 3.05) is 0 Å². The minimum absolute atomic E-state index is 1.17. The van der Waals surface area contributed by atoms with Gasteiger partial charge in [-0.2, -0.15) is 0 Å². The van der Waals surface area contributed by atoms with E-state index in [0.717, 1.165) is 0 Å². The second-order valence-electron chi connectivity index (χ2n) is 1.21. The first-order valence-electron chi connectivity index (χ1n) is 1.55. The molecule has 38 valence electrons. The van der Waals surface area contributed by atoms with Crippen molar-refractivity contribution in [1.29, 1.82) is 0 Å². The van der Waals surface area contributed by atoms with E-state index in [1.807, 2.05) is 13.8 Å². The molecule has 2 heteroatoms. The molecule has 0 aliphatic heterocycles. The van der Waals surface area contributed by atoms with Gasteiger partial charge in [-0.3, -0.25) is 10.5 Å². The third kappa shape index (κ3) is 224. The number of allylic oxidation sites excluding steroid dienone is 1. The Balaban J connectivity index is 0. The maximum Gasteiger partial charge on any atom is -0.0445 e. The quantitative estimate of drug-likeness (QED) is 0.269. The fourth-order valence-electron chi connectivity index (χ4n) is 0. The highest BCUT2D eigenvalue weighted by Crippen LogP contribution is 1.73. The van der Waals surface area contributed by atoms with Crippen molar-refractivity contribution in [3.05, 3.63) is 12.2 Å². The monoisotopic (exact) mass is 90.1 g/mol. The summed E-state index contributed by atoms with van der Waals surface area (Å²) in [6.45, 7) is 7.50. The molecule has 0 unspecified atom stereocenters. The van der Waals surface area contributed by atoms with Crippen molar-refractivity contribution in [3.63, 3.8) is 0 Å². The molecule has 0 heterocycles. The normalized spacial score (nSPS) is 5.33. The summed E-state index contributed by atoms with van der Waals surface area (Å²) in [4.78, 5) is 0. The predicted octanol–water partition coefficient (Wildman–Crippen LogP) is 1.60. The molecule has 0 aromatic heterocycles. The van der Waals surface area contributed by atoms with Crippen molar-refractivity contribution in [2.24, 2.45) is 0 Å². The SMILES string of the molecule is C=C(C)C.OO. The lowest BCUT2D eigenvalue weighted by atomic mass is 10.4. The Labute approximate surface area is 37.7 Å². The average Bonchev–Trinajstić information content (AvgIpc) is 1.41. The zero-order valence-electron chi connectivity index (χ0n) is 4.10.